The van der Waals surface area contributed by atoms with Gasteiger partial charge in [-0.15, -0.1) is 0 Å². The van der Waals surface area contributed by atoms with E-state index in [1.54, 1.807) is 11.9 Å². The predicted molar refractivity (Wildman–Crippen MR) is 59.7 cm³/mol. The minimum atomic E-state index is -1.10. The summed E-state index contributed by atoms with van der Waals surface area (Å²) >= 11 is 5.68. The van der Waals surface area contributed by atoms with Gasteiger partial charge >= 0.3 is 6.08 Å². The van der Waals surface area contributed by atoms with Crippen molar-refractivity contribution in [1.29, 1.82) is 0 Å². The van der Waals surface area contributed by atoms with E-state index in [1.807, 2.05) is 13.8 Å². The lowest BCUT2D eigenvalue weighted by Gasteiger charge is -2.22. The molecule has 0 bridgehead atoms. The van der Waals surface area contributed by atoms with Gasteiger partial charge in [0.05, 0.1) is 0 Å². The molecular formula is C10H14ClF2N3. The lowest BCUT2D eigenvalue weighted by molar-refractivity contribution is 0.479. The van der Waals surface area contributed by atoms with Gasteiger partial charge in [0.1, 0.15) is 5.02 Å². The molecule has 1 unspecified atom stereocenters. The van der Waals surface area contributed by atoms with Crippen LogP contribution in [-0.4, -0.2) is 23.6 Å². The van der Waals surface area contributed by atoms with Crippen molar-refractivity contribution in [2.24, 2.45) is 5.92 Å². The van der Waals surface area contributed by atoms with E-state index in [1.165, 1.54) is 0 Å². The summed E-state index contributed by atoms with van der Waals surface area (Å²) in [6.07, 6.45) is -0.134. The van der Waals surface area contributed by atoms with E-state index >= 15 is 0 Å². The number of halogens is 3. The first-order valence-corrected chi connectivity index (χ1v) is 5.43. The molecule has 90 valence electrons. The number of anilines is 1. The maximum Gasteiger partial charge on any atom is 0.313 e. The molecule has 0 amide bonds. The normalized spacial score (nSPS) is 12.6. The molecule has 0 aliphatic rings. The molecule has 0 aliphatic heterocycles. The van der Waals surface area contributed by atoms with Crippen molar-refractivity contribution in [3.05, 3.63) is 17.0 Å². The molecular weight excluding hydrogens is 236 g/mol. The summed E-state index contributed by atoms with van der Waals surface area (Å²) in [5.74, 6) is -0.547. The van der Waals surface area contributed by atoms with E-state index in [2.05, 4.69) is 9.97 Å². The summed E-state index contributed by atoms with van der Waals surface area (Å²) in [6.45, 7) is 4.71. The first kappa shape index (κ1) is 13.1. The standard InChI is InChI=1S/C10H14ClF2N3/c1-4-6(2)5-16(3)9-7(11)8(12)14-10(13)15-9/h6H,4-5H2,1-3H3. The summed E-state index contributed by atoms with van der Waals surface area (Å²) in [4.78, 5) is 8.04. The molecule has 0 fully saturated rings. The van der Waals surface area contributed by atoms with Gasteiger partial charge in [-0.25, -0.2) is 0 Å². The van der Waals surface area contributed by atoms with Crippen molar-refractivity contribution in [2.75, 3.05) is 18.5 Å². The summed E-state index contributed by atoms with van der Waals surface area (Å²) in [6, 6.07) is 0. The molecule has 0 spiro atoms. The third-order valence-corrected chi connectivity index (χ3v) is 2.74. The van der Waals surface area contributed by atoms with Gasteiger partial charge in [0.15, 0.2) is 5.82 Å². The van der Waals surface area contributed by atoms with Crippen molar-refractivity contribution >= 4 is 17.4 Å². The van der Waals surface area contributed by atoms with Gasteiger partial charge in [0.2, 0.25) is 5.95 Å². The van der Waals surface area contributed by atoms with Crippen LogP contribution in [0, 0.1) is 17.9 Å². The molecule has 0 radical (unpaired) electrons. The van der Waals surface area contributed by atoms with Gasteiger partial charge in [0, 0.05) is 13.6 Å². The molecule has 6 heteroatoms. The van der Waals surface area contributed by atoms with Crippen molar-refractivity contribution < 1.29 is 8.78 Å². The second kappa shape index (κ2) is 5.39. The van der Waals surface area contributed by atoms with Crippen LogP contribution in [0.3, 0.4) is 0 Å². The average molecular weight is 250 g/mol. The minimum absolute atomic E-state index is 0.0898. The van der Waals surface area contributed by atoms with Crippen molar-refractivity contribution in [3.8, 4) is 0 Å². The summed E-state index contributed by atoms with van der Waals surface area (Å²) < 4.78 is 25.9. The molecule has 1 aromatic rings. The third kappa shape index (κ3) is 3.01. The molecule has 1 atom stereocenters. The number of nitrogens with zero attached hydrogens (tertiary/aromatic N) is 3. The van der Waals surface area contributed by atoms with Crippen LogP contribution in [0.15, 0.2) is 0 Å². The Bertz CT molecular complexity index is 373. The van der Waals surface area contributed by atoms with Gasteiger partial charge in [-0.3, -0.25) is 0 Å². The number of hydrogen-bond donors (Lipinski definition) is 0. The maximum absolute atomic E-state index is 13.1. The summed E-state index contributed by atoms with van der Waals surface area (Å²) in [5.41, 5.74) is 0. The molecule has 1 aromatic heterocycles. The van der Waals surface area contributed by atoms with E-state index in [9.17, 15) is 8.78 Å². The highest BCUT2D eigenvalue weighted by atomic mass is 35.5. The summed E-state index contributed by atoms with van der Waals surface area (Å²) in [7, 11) is 1.69. The van der Waals surface area contributed by atoms with Crippen LogP contribution in [0.4, 0.5) is 14.6 Å². The number of rotatable bonds is 4. The fourth-order valence-electron chi connectivity index (χ4n) is 1.32. The van der Waals surface area contributed by atoms with E-state index in [-0.39, 0.29) is 10.8 Å². The largest absolute Gasteiger partial charge is 0.358 e. The highest BCUT2D eigenvalue weighted by molar-refractivity contribution is 6.32. The molecule has 0 saturated carbocycles. The Labute approximate surface area is 98.5 Å². The lowest BCUT2D eigenvalue weighted by atomic mass is 10.1. The Hall–Kier alpha value is -0.970. The van der Waals surface area contributed by atoms with E-state index < -0.39 is 12.0 Å². The van der Waals surface area contributed by atoms with Crippen LogP contribution >= 0.6 is 11.6 Å². The molecule has 1 rings (SSSR count). The zero-order valence-corrected chi connectivity index (χ0v) is 10.2. The fraction of sp³-hybridized carbons (Fsp3) is 0.600. The monoisotopic (exact) mass is 249 g/mol. The molecule has 0 aromatic carbocycles. The number of aromatic nitrogens is 2. The van der Waals surface area contributed by atoms with Crippen LogP contribution in [0.25, 0.3) is 0 Å². The van der Waals surface area contributed by atoms with Gasteiger partial charge < -0.3 is 4.90 Å². The third-order valence-electron chi connectivity index (χ3n) is 2.41. The Morgan fingerprint density at radius 1 is 1.38 bits per heavy atom. The average Bonchev–Trinajstić information content (AvgIpc) is 2.22. The Kier molecular flexibility index (Phi) is 4.41. The van der Waals surface area contributed by atoms with Crippen LogP contribution in [0.2, 0.25) is 5.02 Å². The van der Waals surface area contributed by atoms with Crippen LogP contribution in [-0.2, 0) is 0 Å². The van der Waals surface area contributed by atoms with Crippen LogP contribution < -0.4 is 4.90 Å². The first-order valence-electron chi connectivity index (χ1n) is 5.05. The quantitative estimate of drug-likeness (QED) is 0.607. The Morgan fingerprint density at radius 3 is 2.56 bits per heavy atom. The lowest BCUT2D eigenvalue weighted by Crippen LogP contribution is -2.25. The molecule has 16 heavy (non-hydrogen) atoms. The zero-order valence-electron chi connectivity index (χ0n) is 9.47. The Balaban J connectivity index is 2.94. The SMILES string of the molecule is CCC(C)CN(C)c1nc(F)nc(F)c1Cl. The molecule has 1 heterocycles. The topological polar surface area (TPSA) is 29.0 Å². The van der Waals surface area contributed by atoms with Gasteiger partial charge in [-0.05, 0) is 5.92 Å². The van der Waals surface area contributed by atoms with Gasteiger partial charge in [-0.1, -0.05) is 31.9 Å². The maximum atomic E-state index is 13.1. The highest BCUT2D eigenvalue weighted by Gasteiger charge is 2.17. The Morgan fingerprint density at radius 2 is 2.00 bits per heavy atom. The van der Waals surface area contributed by atoms with Gasteiger partial charge in [-0.2, -0.15) is 18.7 Å². The van der Waals surface area contributed by atoms with Crippen LogP contribution in [0.5, 0.6) is 0 Å². The van der Waals surface area contributed by atoms with Crippen molar-refractivity contribution in [3.63, 3.8) is 0 Å². The van der Waals surface area contributed by atoms with Crippen molar-refractivity contribution in [1.82, 2.24) is 9.97 Å². The number of hydrogen-bond acceptors (Lipinski definition) is 3. The van der Waals surface area contributed by atoms with Crippen molar-refractivity contribution in [2.45, 2.75) is 20.3 Å². The highest BCUT2D eigenvalue weighted by Crippen LogP contribution is 2.25. The van der Waals surface area contributed by atoms with Crippen LogP contribution in [0.1, 0.15) is 20.3 Å². The summed E-state index contributed by atoms with van der Waals surface area (Å²) in [5, 5.41) is -0.243. The van der Waals surface area contributed by atoms with Gasteiger partial charge in [0.25, 0.3) is 0 Å². The van der Waals surface area contributed by atoms with E-state index in [4.69, 9.17) is 11.6 Å². The fourth-order valence-corrected chi connectivity index (χ4v) is 1.55. The predicted octanol–water partition coefficient (Wildman–Crippen LogP) is 2.89. The second-order valence-electron chi connectivity index (χ2n) is 3.81. The van der Waals surface area contributed by atoms with E-state index in [0.29, 0.717) is 12.5 Å². The first-order chi connectivity index (χ1) is 7.45. The smallest absolute Gasteiger partial charge is 0.313 e. The zero-order chi connectivity index (χ0) is 12.3. The minimum Gasteiger partial charge on any atom is -0.358 e. The van der Waals surface area contributed by atoms with E-state index in [0.717, 1.165) is 6.42 Å². The molecule has 0 saturated heterocycles. The second-order valence-corrected chi connectivity index (χ2v) is 4.19. The molecule has 0 aliphatic carbocycles. The molecule has 3 nitrogen and oxygen atoms in total. The molecule has 0 N–H and O–H groups in total.